The molecule has 0 saturated heterocycles. The van der Waals surface area contributed by atoms with Crippen LogP contribution in [0.5, 0.6) is 5.75 Å². The molecule has 0 heterocycles. The molecule has 1 aliphatic carbocycles. The molecule has 0 radical (unpaired) electrons. The number of carbonyl (C=O) groups excluding carboxylic acids is 1. The molecule has 3 aromatic carbocycles. The van der Waals surface area contributed by atoms with Gasteiger partial charge in [-0.25, -0.2) is 9.59 Å². The van der Waals surface area contributed by atoms with Crippen LogP contribution in [0.15, 0.2) is 60.7 Å². The van der Waals surface area contributed by atoms with Crippen molar-refractivity contribution in [1.29, 1.82) is 0 Å². The van der Waals surface area contributed by atoms with Crippen LogP contribution in [0.25, 0.3) is 11.1 Å². The summed E-state index contributed by atoms with van der Waals surface area (Å²) in [6.45, 7) is 6.01. The lowest BCUT2D eigenvalue weighted by molar-refractivity contribution is -0.139. The highest BCUT2D eigenvalue weighted by Crippen LogP contribution is 2.38. The van der Waals surface area contributed by atoms with Crippen LogP contribution >= 0.6 is 0 Å². The molecule has 0 unspecified atom stereocenters. The van der Waals surface area contributed by atoms with Crippen molar-refractivity contribution in [3.63, 3.8) is 0 Å². The molecule has 0 fully saturated rings. The number of benzene rings is 3. The second-order valence-electron chi connectivity index (χ2n) is 9.68. The van der Waals surface area contributed by atoms with Gasteiger partial charge in [-0.2, -0.15) is 0 Å². The maximum Gasteiger partial charge on any atom is 0.408 e. The van der Waals surface area contributed by atoms with Crippen LogP contribution in [0.3, 0.4) is 0 Å². The van der Waals surface area contributed by atoms with Crippen molar-refractivity contribution >= 4 is 12.1 Å². The van der Waals surface area contributed by atoms with Gasteiger partial charge in [0.05, 0.1) is 0 Å². The summed E-state index contributed by atoms with van der Waals surface area (Å²) in [7, 11) is 0. The summed E-state index contributed by atoms with van der Waals surface area (Å²) >= 11 is 0. The third kappa shape index (κ3) is 4.91. The normalized spacial score (nSPS) is 13.0. The summed E-state index contributed by atoms with van der Waals surface area (Å²) < 4.78 is 5.43. The minimum Gasteiger partial charge on any atom is -0.508 e. The highest BCUT2D eigenvalue weighted by molar-refractivity contribution is 5.81. The van der Waals surface area contributed by atoms with E-state index in [0.717, 1.165) is 34.2 Å². The van der Waals surface area contributed by atoms with Crippen LogP contribution in [0.1, 0.15) is 48.6 Å². The number of ether oxygens (including phenoxy) is 1. The van der Waals surface area contributed by atoms with Crippen molar-refractivity contribution in [2.24, 2.45) is 0 Å². The monoisotopic (exact) mass is 459 g/mol. The van der Waals surface area contributed by atoms with Crippen LogP contribution in [-0.4, -0.2) is 28.3 Å². The Bertz CT molecular complexity index is 1240. The fourth-order valence-corrected chi connectivity index (χ4v) is 4.55. The molecule has 3 N–H and O–H groups in total. The summed E-state index contributed by atoms with van der Waals surface area (Å²) in [4.78, 5) is 24.4. The molecule has 176 valence electrons. The van der Waals surface area contributed by atoms with E-state index in [1.807, 2.05) is 45.0 Å². The first kappa shape index (κ1) is 23.4. The highest BCUT2D eigenvalue weighted by atomic mass is 16.5. The Balaban J connectivity index is 1.44. The van der Waals surface area contributed by atoms with Crippen molar-refractivity contribution < 1.29 is 24.5 Å². The number of phenols is 1. The van der Waals surface area contributed by atoms with Crippen LogP contribution in [-0.2, 0) is 34.4 Å². The quantitative estimate of drug-likeness (QED) is 0.369. The Morgan fingerprint density at radius 3 is 2.47 bits per heavy atom. The molecule has 0 aromatic heterocycles. The van der Waals surface area contributed by atoms with Crippen LogP contribution in [0, 0.1) is 0 Å². The number of carbonyl (C=O) groups is 2. The fourth-order valence-electron chi connectivity index (χ4n) is 4.55. The first-order chi connectivity index (χ1) is 16.1. The van der Waals surface area contributed by atoms with E-state index in [4.69, 9.17) is 4.74 Å². The van der Waals surface area contributed by atoms with Crippen LogP contribution in [0.2, 0.25) is 0 Å². The largest absolute Gasteiger partial charge is 0.508 e. The lowest BCUT2D eigenvalue weighted by Crippen LogP contribution is -2.43. The number of nitrogens with one attached hydrogen (secondary N) is 1. The average Bonchev–Trinajstić information content (AvgIpc) is 3.17. The first-order valence-corrected chi connectivity index (χ1v) is 11.3. The fraction of sp³-hybridized carbons (Fsp3) is 0.286. The van der Waals surface area contributed by atoms with Gasteiger partial charge in [-0.1, -0.05) is 69.3 Å². The first-order valence-electron chi connectivity index (χ1n) is 11.3. The van der Waals surface area contributed by atoms with Crippen LogP contribution < -0.4 is 5.32 Å². The number of hydrogen-bond acceptors (Lipinski definition) is 4. The molecule has 0 aliphatic heterocycles. The minimum atomic E-state index is -1.16. The SMILES string of the molecule is CC(C)(C)c1cc(O)ccc1C[C@H](NC(=O)OCc1cccc2c1Cc1ccccc1-2)C(=O)O. The number of rotatable bonds is 6. The molecule has 34 heavy (non-hydrogen) atoms. The van der Waals surface area contributed by atoms with E-state index in [2.05, 4.69) is 23.5 Å². The van der Waals surface area contributed by atoms with Crippen molar-refractivity contribution in [2.45, 2.75) is 51.7 Å². The standard InChI is InChI=1S/C28H29NO5/c1-28(2,3)24-15-20(30)12-11-18(24)14-25(26(31)32)29-27(33)34-16-19-8-6-10-22-21-9-5-4-7-17(21)13-23(19)22/h4-12,15,25,30H,13-14,16H2,1-3H3,(H,29,33)(H,31,32)/t25-/m0/s1. The number of hydrogen-bond donors (Lipinski definition) is 3. The summed E-state index contributed by atoms with van der Waals surface area (Å²) in [5, 5.41) is 22.1. The molecule has 1 aliphatic rings. The van der Waals surface area contributed by atoms with Gasteiger partial charge in [0, 0.05) is 6.42 Å². The number of carboxylic acids is 1. The van der Waals surface area contributed by atoms with E-state index in [1.54, 1.807) is 12.1 Å². The molecule has 3 aromatic rings. The number of aliphatic carboxylic acids is 1. The number of phenolic OH excluding ortho intramolecular Hbond substituents is 1. The Kier molecular flexibility index (Phi) is 6.33. The maximum atomic E-state index is 12.5. The van der Waals surface area contributed by atoms with E-state index >= 15 is 0 Å². The van der Waals surface area contributed by atoms with E-state index in [0.29, 0.717) is 0 Å². The number of alkyl carbamates (subject to hydrolysis) is 1. The van der Waals surface area contributed by atoms with Gasteiger partial charge in [-0.15, -0.1) is 0 Å². The van der Waals surface area contributed by atoms with Gasteiger partial charge < -0.3 is 20.3 Å². The zero-order valence-corrected chi connectivity index (χ0v) is 19.6. The van der Waals surface area contributed by atoms with Gasteiger partial charge in [0.2, 0.25) is 0 Å². The summed E-state index contributed by atoms with van der Waals surface area (Å²) in [5.41, 5.74) is 6.88. The zero-order chi connectivity index (χ0) is 24.5. The third-order valence-electron chi connectivity index (χ3n) is 6.22. The lowest BCUT2D eigenvalue weighted by atomic mass is 9.82. The molecule has 0 spiro atoms. The average molecular weight is 460 g/mol. The van der Waals surface area contributed by atoms with Gasteiger partial charge in [0.1, 0.15) is 18.4 Å². The Hall–Kier alpha value is -3.80. The number of amides is 1. The molecule has 6 heteroatoms. The van der Waals surface area contributed by atoms with Crippen molar-refractivity contribution in [2.75, 3.05) is 0 Å². The highest BCUT2D eigenvalue weighted by Gasteiger charge is 2.26. The van der Waals surface area contributed by atoms with Crippen molar-refractivity contribution in [3.05, 3.63) is 88.5 Å². The number of carboxylic acid groups (broad SMARTS) is 1. The summed E-state index contributed by atoms with van der Waals surface area (Å²) in [6.07, 6.45) is 0.0744. The third-order valence-corrected chi connectivity index (χ3v) is 6.22. The molecule has 4 rings (SSSR count). The van der Waals surface area contributed by atoms with Crippen molar-refractivity contribution in [1.82, 2.24) is 5.32 Å². The van der Waals surface area contributed by atoms with Gasteiger partial charge in [0.25, 0.3) is 0 Å². The second kappa shape index (κ2) is 9.21. The lowest BCUT2D eigenvalue weighted by Gasteiger charge is -2.25. The topological polar surface area (TPSA) is 95.9 Å². The maximum absolute atomic E-state index is 12.5. The number of aromatic hydroxyl groups is 1. The van der Waals surface area contributed by atoms with E-state index in [9.17, 15) is 19.8 Å². The Labute approximate surface area is 199 Å². The predicted octanol–water partition coefficient (Wildman–Crippen LogP) is 5.18. The summed E-state index contributed by atoms with van der Waals surface area (Å²) in [5.74, 6) is -1.04. The molecule has 1 atom stereocenters. The molecular formula is C28H29NO5. The van der Waals surface area contributed by atoms with E-state index in [1.165, 1.54) is 17.2 Å². The number of fused-ring (bicyclic) bond motifs is 3. The Morgan fingerprint density at radius 2 is 1.74 bits per heavy atom. The van der Waals surface area contributed by atoms with Crippen LogP contribution in [0.4, 0.5) is 4.79 Å². The van der Waals surface area contributed by atoms with Gasteiger partial charge >= 0.3 is 12.1 Å². The Morgan fingerprint density at radius 1 is 1.00 bits per heavy atom. The molecule has 6 nitrogen and oxygen atoms in total. The molecular weight excluding hydrogens is 430 g/mol. The van der Waals surface area contributed by atoms with Gasteiger partial charge in [-0.05, 0) is 62.9 Å². The zero-order valence-electron chi connectivity index (χ0n) is 19.6. The molecule has 1 amide bonds. The predicted molar refractivity (Wildman–Crippen MR) is 130 cm³/mol. The molecule has 0 bridgehead atoms. The van der Waals surface area contributed by atoms with Gasteiger partial charge in [-0.3, -0.25) is 0 Å². The van der Waals surface area contributed by atoms with E-state index < -0.39 is 18.1 Å². The molecule has 0 saturated carbocycles. The summed E-state index contributed by atoms with van der Waals surface area (Å²) in [6, 6.07) is 17.8. The van der Waals surface area contributed by atoms with Crippen molar-refractivity contribution in [3.8, 4) is 16.9 Å². The minimum absolute atomic E-state index is 0.0573. The second-order valence-corrected chi connectivity index (χ2v) is 9.68. The van der Waals surface area contributed by atoms with E-state index in [-0.39, 0.29) is 24.2 Å². The smallest absolute Gasteiger partial charge is 0.408 e. The van der Waals surface area contributed by atoms with Gasteiger partial charge in [0.15, 0.2) is 0 Å².